The van der Waals surface area contributed by atoms with Gasteiger partial charge in [-0.25, -0.2) is 0 Å². The maximum atomic E-state index is 11.7. The van der Waals surface area contributed by atoms with Gasteiger partial charge >= 0.3 is 5.97 Å². The van der Waals surface area contributed by atoms with Crippen molar-refractivity contribution in [3.63, 3.8) is 0 Å². The van der Waals surface area contributed by atoms with Gasteiger partial charge in [0.2, 0.25) is 6.41 Å². The van der Waals surface area contributed by atoms with Crippen LogP contribution in [0.4, 0.5) is 11.4 Å². The summed E-state index contributed by atoms with van der Waals surface area (Å²) in [4.78, 5) is 21.6. The van der Waals surface area contributed by atoms with E-state index in [0.29, 0.717) is 45.6 Å². The Hall–Kier alpha value is -4.69. The average molecular weight is 504 g/mol. The predicted molar refractivity (Wildman–Crippen MR) is 135 cm³/mol. The quantitative estimate of drug-likeness (QED) is 0.138. The van der Waals surface area contributed by atoms with E-state index in [1.54, 1.807) is 42.5 Å². The van der Waals surface area contributed by atoms with E-state index in [0.717, 1.165) is 0 Å². The number of amides is 1. The van der Waals surface area contributed by atoms with Crippen LogP contribution in [0.2, 0.25) is 0 Å². The highest BCUT2D eigenvalue weighted by atomic mass is 32.2. The summed E-state index contributed by atoms with van der Waals surface area (Å²) in [5.74, 6) is 11.3. The SMILES string of the molecule is Nc1cc(C#CC#CNC=O)cc(-c2ccc(N)cc2C#CC2=CC[C@H](C(=O)O)[C@H](S(=O)(=O)O)C2)c1. The first kappa shape index (κ1) is 25.9. The number of benzene rings is 2. The van der Waals surface area contributed by atoms with Gasteiger partial charge in [-0.3, -0.25) is 19.5 Å². The van der Waals surface area contributed by atoms with E-state index in [1.807, 2.05) is 0 Å². The molecule has 2 atom stereocenters. The predicted octanol–water partition coefficient (Wildman–Crippen LogP) is 1.61. The zero-order chi connectivity index (χ0) is 26.3. The molecule has 36 heavy (non-hydrogen) atoms. The van der Waals surface area contributed by atoms with Crippen molar-refractivity contribution < 1.29 is 27.7 Å². The second-order valence-electron chi connectivity index (χ2n) is 7.83. The Balaban J connectivity index is 1.99. The number of anilines is 2. The molecule has 0 saturated carbocycles. The maximum absolute atomic E-state index is 11.7. The Bertz CT molecular complexity index is 1540. The van der Waals surface area contributed by atoms with Crippen LogP contribution in [0, 0.1) is 41.6 Å². The number of aliphatic carboxylic acids is 1. The van der Waals surface area contributed by atoms with Crippen LogP contribution in [0.25, 0.3) is 11.1 Å². The molecule has 7 N–H and O–H groups in total. The lowest BCUT2D eigenvalue weighted by atomic mass is 9.89. The van der Waals surface area contributed by atoms with Crippen molar-refractivity contribution in [1.82, 2.24) is 5.32 Å². The van der Waals surface area contributed by atoms with Crippen LogP contribution in [0.3, 0.4) is 0 Å². The van der Waals surface area contributed by atoms with Gasteiger partial charge in [-0.05, 0) is 65.8 Å². The molecule has 0 spiro atoms. The highest BCUT2D eigenvalue weighted by Gasteiger charge is 2.39. The molecule has 0 saturated heterocycles. The third-order valence-corrected chi connectivity index (χ3v) is 6.58. The Kier molecular flexibility index (Phi) is 8.03. The summed E-state index contributed by atoms with van der Waals surface area (Å²) in [6.07, 6.45) is 1.70. The molecule has 2 aromatic rings. The summed E-state index contributed by atoms with van der Waals surface area (Å²) in [6, 6.07) is 12.6. The van der Waals surface area contributed by atoms with Crippen molar-refractivity contribution in [1.29, 1.82) is 0 Å². The van der Waals surface area contributed by atoms with E-state index in [-0.39, 0.29) is 12.8 Å². The van der Waals surface area contributed by atoms with E-state index in [2.05, 4.69) is 41.0 Å². The Morgan fingerprint density at radius 3 is 2.53 bits per heavy atom. The smallest absolute Gasteiger partial charge is 0.308 e. The molecule has 0 radical (unpaired) electrons. The number of nitrogen functional groups attached to an aromatic ring is 2. The number of carbonyl (C=O) groups is 2. The number of carboxylic acids is 1. The van der Waals surface area contributed by atoms with Crippen LogP contribution < -0.4 is 16.8 Å². The number of nitrogens with two attached hydrogens (primary N) is 2. The number of hydrogen-bond donors (Lipinski definition) is 5. The molecule has 1 amide bonds. The summed E-state index contributed by atoms with van der Waals surface area (Å²) in [6.45, 7) is 0. The highest BCUT2D eigenvalue weighted by molar-refractivity contribution is 7.86. The Morgan fingerprint density at radius 1 is 1.06 bits per heavy atom. The first-order chi connectivity index (χ1) is 17.1. The average Bonchev–Trinajstić information content (AvgIpc) is 2.81. The third kappa shape index (κ3) is 6.68. The molecule has 182 valence electrons. The first-order valence-corrected chi connectivity index (χ1v) is 12.0. The first-order valence-electron chi connectivity index (χ1n) is 10.5. The fourth-order valence-corrected chi connectivity index (χ4v) is 4.72. The highest BCUT2D eigenvalue weighted by Crippen LogP contribution is 2.31. The van der Waals surface area contributed by atoms with Gasteiger partial charge in [-0.2, -0.15) is 8.42 Å². The molecule has 0 aliphatic heterocycles. The molecule has 0 heterocycles. The van der Waals surface area contributed by atoms with E-state index in [1.165, 1.54) is 0 Å². The largest absolute Gasteiger partial charge is 0.481 e. The number of carbonyl (C=O) groups excluding carboxylic acids is 1. The van der Waals surface area contributed by atoms with Gasteiger partial charge in [0.05, 0.1) is 5.92 Å². The van der Waals surface area contributed by atoms with Crippen molar-refractivity contribution in [3.05, 3.63) is 59.2 Å². The van der Waals surface area contributed by atoms with Gasteiger partial charge in [-0.15, -0.1) is 0 Å². The standard InChI is InChI=1S/C26H21N3O6S/c27-21-7-9-23(20-11-18(12-22(28)15-20)3-1-2-10-29-16-30)19(14-21)6-4-17-5-8-24(26(31)32)25(13-17)36(33,34)35/h5,7,9,11-12,14-16,24-25H,8,13,27-28H2,(H,29,30)(H,31,32)(H,33,34,35)/t24-,25+/m0/s1. The molecule has 3 rings (SSSR count). The van der Waals surface area contributed by atoms with Crippen LogP contribution in [0.5, 0.6) is 0 Å². The monoisotopic (exact) mass is 503 g/mol. The van der Waals surface area contributed by atoms with Gasteiger partial charge in [0.15, 0.2) is 0 Å². The molecule has 10 heteroatoms. The van der Waals surface area contributed by atoms with Gasteiger partial charge < -0.3 is 16.6 Å². The molecule has 2 aromatic carbocycles. The third-order valence-electron chi connectivity index (χ3n) is 5.32. The van der Waals surface area contributed by atoms with Gasteiger partial charge in [0, 0.05) is 34.5 Å². The fraction of sp³-hybridized carbons (Fsp3) is 0.154. The van der Waals surface area contributed by atoms with E-state index in [4.69, 9.17) is 11.5 Å². The molecule has 1 aliphatic carbocycles. The molecular weight excluding hydrogens is 482 g/mol. The number of nitrogens with one attached hydrogen (secondary N) is 1. The maximum Gasteiger partial charge on any atom is 0.308 e. The second kappa shape index (κ2) is 11.2. The van der Waals surface area contributed by atoms with E-state index >= 15 is 0 Å². The van der Waals surface area contributed by atoms with Crippen molar-refractivity contribution >= 4 is 33.9 Å². The zero-order valence-corrected chi connectivity index (χ0v) is 19.6. The molecule has 0 fully saturated rings. The van der Waals surface area contributed by atoms with Crippen LogP contribution in [-0.4, -0.2) is 35.7 Å². The Morgan fingerprint density at radius 2 is 1.83 bits per heavy atom. The van der Waals surface area contributed by atoms with E-state index in [9.17, 15) is 27.7 Å². The van der Waals surface area contributed by atoms with Crippen molar-refractivity contribution in [3.8, 4) is 46.8 Å². The summed E-state index contributed by atoms with van der Waals surface area (Å²) < 4.78 is 33.0. The van der Waals surface area contributed by atoms with Gasteiger partial charge in [0.25, 0.3) is 10.1 Å². The summed E-state index contributed by atoms with van der Waals surface area (Å²) >= 11 is 0. The van der Waals surface area contributed by atoms with Crippen LogP contribution in [0.1, 0.15) is 24.0 Å². The number of carboxylic acid groups (broad SMARTS) is 1. The molecular formula is C26H21N3O6S. The number of hydrogen-bond acceptors (Lipinski definition) is 6. The summed E-state index contributed by atoms with van der Waals surface area (Å²) in [5.41, 5.74) is 15.8. The van der Waals surface area contributed by atoms with E-state index < -0.39 is 27.3 Å². The fourth-order valence-electron chi connectivity index (χ4n) is 3.68. The lowest BCUT2D eigenvalue weighted by Crippen LogP contribution is -2.36. The normalized spacial score (nSPS) is 16.5. The van der Waals surface area contributed by atoms with Gasteiger partial charge in [0.1, 0.15) is 5.25 Å². The number of rotatable bonds is 4. The van der Waals surface area contributed by atoms with Gasteiger partial charge in [-0.1, -0.05) is 29.9 Å². The summed E-state index contributed by atoms with van der Waals surface area (Å²) in [7, 11) is -4.58. The van der Waals surface area contributed by atoms with Crippen molar-refractivity contribution in [2.75, 3.05) is 11.5 Å². The summed E-state index contributed by atoms with van der Waals surface area (Å²) in [5, 5.41) is 9.99. The molecule has 1 aliphatic rings. The topological polar surface area (TPSA) is 173 Å². The van der Waals surface area contributed by atoms with Crippen molar-refractivity contribution in [2.24, 2.45) is 5.92 Å². The van der Waals surface area contributed by atoms with Crippen LogP contribution in [0.15, 0.2) is 48.0 Å². The second-order valence-corrected chi connectivity index (χ2v) is 9.46. The van der Waals surface area contributed by atoms with Crippen LogP contribution in [-0.2, 0) is 19.7 Å². The number of allylic oxidation sites excluding steroid dienone is 2. The lowest BCUT2D eigenvalue weighted by molar-refractivity contribution is -0.141. The molecule has 0 unspecified atom stereocenters. The van der Waals surface area contributed by atoms with Crippen molar-refractivity contribution in [2.45, 2.75) is 18.1 Å². The van der Waals surface area contributed by atoms with Crippen LogP contribution >= 0.6 is 0 Å². The zero-order valence-electron chi connectivity index (χ0n) is 18.8. The lowest BCUT2D eigenvalue weighted by Gasteiger charge is -2.24. The minimum Gasteiger partial charge on any atom is -0.481 e. The minimum absolute atomic E-state index is 0.0733. The molecule has 0 bridgehead atoms. The molecule has 9 nitrogen and oxygen atoms in total. The minimum atomic E-state index is -4.58. The molecule has 0 aromatic heterocycles. The Labute approximate surface area is 208 Å².